The topological polar surface area (TPSA) is 123 Å². The van der Waals surface area contributed by atoms with Crippen LogP contribution < -0.4 is 10.6 Å². The Balaban J connectivity index is 1.23. The number of aliphatic hydroxyl groups excluding tert-OH is 1. The summed E-state index contributed by atoms with van der Waals surface area (Å²) in [5.41, 5.74) is 2.24. The van der Waals surface area contributed by atoms with Crippen molar-refractivity contribution < 1.29 is 18.7 Å². The third-order valence-electron chi connectivity index (χ3n) is 6.13. The number of carbonyl (C=O) groups excluding carboxylic acids is 1. The number of likely N-dealkylation sites (tertiary alicyclic amines) is 1. The molecule has 5 rings (SSSR count). The number of fused-ring (bicyclic) bond motifs is 1. The molecule has 1 aromatic carbocycles. The summed E-state index contributed by atoms with van der Waals surface area (Å²) in [6.07, 6.45) is -0.416. The molecule has 2 atom stereocenters. The highest BCUT2D eigenvalue weighted by molar-refractivity contribution is 7.99. The van der Waals surface area contributed by atoms with Crippen LogP contribution in [0.1, 0.15) is 12.1 Å². The van der Waals surface area contributed by atoms with Crippen LogP contribution in [0.3, 0.4) is 0 Å². The molecule has 194 valence electrons. The molecule has 4 aromatic rings. The summed E-state index contributed by atoms with van der Waals surface area (Å²) >= 11 is 1.37. The fourth-order valence-electron chi connectivity index (χ4n) is 4.33. The SMILES string of the molecule is Cc1cc(Nc2nc(Sc3ccc(NC(=O)CN4C[C@H](C(F)F)C[C@H]4CO)cc3)nc3cccn23)n[nH]1. The Hall–Kier alpha value is -3.55. The van der Waals surface area contributed by atoms with E-state index in [9.17, 15) is 18.7 Å². The van der Waals surface area contributed by atoms with Crippen LogP contribution in [0, 0.1) is 12.8 Å². The zero-order chi connectivity index (χ0) is 25.9. The van der Waals surface area contributed by atoms with Crippen LogP contribution in [0.2, 0.25) is 0 Å². The number of anilines is 3. The zero-order valence-corrected chi connectivity index (χ0v) is 20.8. The van der Waals surface area contributed by atoms with E-state index in [4.69, 9.17) is 0 Å². The van der Waals surface area contributed by atoms with E-state index >= 15 is 0 Å². The summed E-state index contributed by atoms with van der Waals surface area (Å²) in [5, 5.41) is 23.1. The van der Waals surface area contributed by atoms with Gasteiger partial charge in [0.1, 0.15) is 5.65 Å². The number of benzene rings is 1. The highest BCUT2D eigenvalue weighted by Gasteiger charge is 2.37. The fourth-order valence-corrected chi connectivity index (χ4v) is 5.08. The molecule has 1 fully saturated rings. The average Bonchev–Trinajstić information content (AvgIpc) is 3.60. The summed E-state index contributed by atoms with van der Waals surface area (Å²) in [6, 6.07) is 12.4. The molecule has 4 N–H and O–H groups in total. The Morgan fingerprint density at radius 3 is 2.78 bits per heavy atom. The molecule has 0 unspecified atom stereocenters. The molecular weight excluding hydrogens is 502 g/mol. The van der Waals surface area contributed by atoms with Gasteiger partial charge in [0.15, 0.2) is 11.0 Å². The Bertz CT molecular complexity index is 1380. The van der Waals surface area contributed by atoms with Gasteiger partial charge in [-0.1, -0.05) is 0 Å². The Morgan fingerprint density at radius 1 is 1.27 bits per heavy atom. The number of halogens is 2. The smallest absolute Gasteiger partial charge is 0.242 e. The molecule has 13 heteroatoms. The van der Waals surface area contributed by atoms with Crippen molar-refractivity contribution in [3.8, 4) is 0 Å². The molecule has 1 saturated heterocycles. The molecule has 3 aromatic heterocycles. The highest BCUT2D eigenvalue weighted by Crippen LogP contribution is 2.29. The van der Waals surface area contributed by atoms with E-state index in [1.54, 1.807) is 17.0 Å². The van der Waals surface area contributed by atoms with Crippen LogP contribution in [0.5, 0.6) is 0 Å². The second-order valence-corrected chi connectivity index (χ2v) is 9.94. The lowest BCUT2D eigenvalue weighted by Crippen LogP contribution is -2.38. The van der Waals surface area contributed by atoms with E-state index in [1.165, 1.54) is 11.8 Å². The standard InChI is InChI=1S/C24H26F2N8O2S/c1-14-9-19(32-31-14)28-23-30-24(29-20-3-2-8-34(20)23)37-18-6-4-16(5-7-18)27-21(36)12-33-11-15(22(25)26)10-17(33)13-35/h2-9,15,17,22,35H,10-13H2,1H3,(H,27,36)(H2,28,29,30,31,32)/t15-,17+/m1/s1. The quantitative estimate of drug-likeness (QED) is 0.260. The highest BCUT2D eigenvalue weighted by atomic mass is 32.2. The van der Waals surface area contributed by atoms with Crippen molar-refractivity contribution in [2.45, 2.75) is 35.9 Å². The van der Waals surface area contributed by atoms with Crippen molar-refractivity contribution >= 4 is 40.8 Å². The number of alkyl halides is 2. The van der Waals surface area contributed by atoms with Crippen LogP contribution in [0.4, 0.5) is 26.2 Å². The lowest BCUT2D eigenvalue weighted by molar-refractivity contribution is -0.117. The molecule has 0 bridgehead atoms. The predicted molar refractivity (Wildman–Crippen MR) is 135 cm³/mol. The van der Waals surface area contributed by atoms with E-state index in [-0.39, 0.29) is 32.0 Å². The minimum absolute atomic E-state index is 0.0541. The Labute approximate surface area is 215 Å². The maximum atomic E-state index is 13.1. The minimum atomic E-state index is -2.46. The minimum Gasteiger partial charge on any atom is -0.395 e. The number of H-pyrrole nitrogens is 1. The van der Waals surface area contributed by atoms with E-state index in [0.29, 0.717) is 22.6 Å². The van der Waals surface area contributed by atoms with Gasteiger partial charge in [0, 0.05) is 47.0 Å². The second kappa shape index (κ2) is 10.8. The van der Waals surface area contributed by atoms with Gasteiger partial charge in [0.05, 0.1) is 13.2 Å². The maximum Gasteiger partial charge on any atom is 0.242 e. The third-order valence-corrected chi connectivity index (χ3v) is 7.01. The normalized spacial score (nSPS) is 18.1. The number of amides is 1. The van der Waals surface area contributed by atoms with Gasteiger partial charge in [-0.25, -0.2) is 13.8 Å². The van der Waals surface area contributed by atoms with Gasteiger partial charge in [-0.3, -0.25) is 19.2 Å². The summed E-state index contributed by atoms with van der Waals surface area (Å²) in [6.45, 7) is 1.70. The van der Waals surface area contributed by atoms with Gasteiger partial charge < -0.3 is 15.7 Å². The van der Waals surface area contributed by atoms with Crippen LogP contribution in [-0.2, 0) is 4.79 Å². The number of nitrogens with zero attached hydrogens (tertiary/aromatic N) is 5. The van der Waals surface area contributed by atoms with Crippen LogP contribution in [0.25, 0.3) is 5.65 Å². The van der Waals surface area contributed by atoms with E-state index in [0.717, 1.165) is 16.2 Å². The molecule has 0 radical (unpaired) electrons. The van der Waals surface area contributed by atoms with Crippen LogP contribution >= 0.6 is 11.8 Å². The number of rotatable bonds is 9. The molecule has 0 aliphatic carbocycles. The van der Waals surface area contributed by atoms with Crippen molar-refractivity contribution in [2.24, 2.45) is 5.92 Å². The lowest BCUT2D eigenvalue weighted by atomic mass is 10.1. The second-order valence-electron chi connectivity index (χ2n) is 8.90. The zero-order valence-electron chi connectivity index (χ0n) is 19.9. The molecule has 0 saturated carbocycles. The van der Waals surface area contributed by atoms with Crippen molar-refractivity contribution in [1.29, 1.82) is 0 Å². The number of carbonyl (C=O) groups is 1. The molecule has 0 spiro atoms. The lowest BCUT2D eigenvalue weighted by Gasteiger charge is -2.21. The largest absolute Gasteiger partial charge is 0.395 e. The molecule has 4 heterocycles. The van der Waals surface area contributed by atoms with E-state index in [1.807, 2.05) is 47.9 Å². The van der Waals surface area contributed by atoms with Crippen LogP contribution in [-0.4, -0.2) is 72.6 Å². The van der Waals surface area contributed by atoms with E-state index < -0.39 is 18.4 Å². The Morgan fingerprint density at radius 2 is 2.08 bits per heavy atom. The van der Waals surface area contributed by atoms with Crippen molar-refractivity contribution in [3.63, 3.8) is 0 Å². The van der Waals surface area contributed by atoms with Gasteiger partial charge in [-0.2, -0.15) is 10.1 Å². The molecule has 37 heavy (non-hydrogen) atoms. The number of aliphatic hydroxyl groups is 1. The van der Waals surface area contributed by atoms with Gasteiger partial charge >= 0.3 is 0 Å². The fraction of sp³-hybridized carbons (Fsp3) is 0.333. The van der Waals surface area contributed by atoms with Crippen molar-refractivity contribution in [1.82, 2.24) is 29.5 Å². The molecule has 10 nitrogen and oxygen atoms in total. The van der Waals surface area contributed by atoms with Gasteiger partial charge in [-0.05, 0) is 61.5 Å². The maximum absolute atomic E-state index is 13.1. The van der Waals surface area contributed by atoms with Crippen molar-refractivity contribution in [3.05, 3.63) is 54.4 Å². The molecule has 1 amide bonds. The van der Waals surface area contributed by atoms with Gasteiger partial charge in [-0.15, -0.1) is 0 Å². The molecular formula is C24H26F2N8O2S. The summed E-state index contributed by atoms with van der Waals surface area (Å²) in [4.78, 5) is 24.2. The summed E-state index contributed by atoms with van der Waals surface area (Å²) in [5.74, 6) is 0.0740. The van der Waals surface area contributed by atoms with Gasteiger partial charge in [0.25, 0.3) is 0 Å². The van der Waals surface area contributed by atoms with E-state index in [2.05, 4.69) is 30.8 Å². The first-order valence-electron chi connectivity index (χ1n) is 11.7. The number of aryl methyl sites for hydroxylation is 1. The first-order valence-corrected chi connectivity index (χ1v) is 12.5. The number of hydrogen-bond donors (Lipinski definition) is 4. The average molecular weight is 529 g/mol. The van der Waals surface area contributed by atoms with Crippen molar-refractivity contribution in [2.75, 3.05) is 30.3 Å². The summed E-state index contributed by atoms with van der Waals surface area (Å²) < 4.78 is 27.9. The number of aromatic nitrogens is 5. The van der Waals surface area contributed by atoms with Crippen LogP contribution in [0.15, 0.2) is 58.7 Å². The first kappa shape index (κ1) is 25.1. The van der Waals surface area contributed by atoms with Gasteiger partial charge in [0.2, 0.25) is 18.3 Å². The number of aromatic amines is 1. The Kier molecular flexibility index (Phi) is 7.35. The summed E-state index contributed by atoms with van der Waals surface area (Å²) in [7, 11) is 0. The number of hydrogen-bond acceptors (Lipinski definition) is 8. The number of nitrogens with one attached hydrogen (secondary N) is 3. The third kappa shape index (κ3) is 5.89. The molecule has 1 aliphatic rings. The first-order chi connectivity index (χ1) is 17.9. The monoisotopic (exact) mass is 528 g/mol. The molecule has 1 aliphatic heterocycles. The predicted octanol–water partition coefficient (Wildman–Crippen LogP) is 3.54.